The highest BCUT2D eigenvalue weighted by molar-refractivity contribution is 5.85. The number of carbonyl (C=O) groups is 1. The van der Waals surface area contributed by atoms with Crippen LogP contribution in [0.25, 0.3) is 10.9 Å². The van der Waals surface area contributed by atoms with E-state index in [1.807, 2.05) is 6.07 Å². The van der Waals surface area contributed by atoms with Gasteiger partial charge in [0.05, 0.1) is 17.2 Å². The highest BCUT2D eigenvalue weighted by Gasteiger charge is 2.10. The van der Waals surface area contributed by atoms with Gasteiger partial charge in [-0.15, -0.1) is 12.4 Å². The molecule has 130 valence electrons. The molecule has 1 aliphatic heterocycles. The standard InChI is InChI=1S/C16H21N5O2.ClH/c22-15(18-7-10-20-8-5-17-6-9-20)11-21-12-19-14-4-2-1-3-13(14)16(21)23;/h1-4,12,17H,5-11H2,(H,18,22);1H. The van der Waals surface area contributed by atoms with Crippen LogP contribution in [0, 0.1) is 0 Å². The second kappa shape index (κ2) is 8.77. The first kappa shape index (κ1) is 18.4. The van der Waals surface area contributed by atoms with E-state index in [4.69, 9.17) is 0 Å². The number of benzene rings is 1. The minimum absolute atomic E-state index is 0. The Morgan fingerprint density at radius 1 is 1.25 bits per heavy atom. The van der Waals surface area contributed by atoms with Crippen LogP contribution in [0.3, 0.4) is 0 Å². The van der Waals surface area contributed by atoms with Crippen LogP contribution in [-0.2, 0) is 11.3 Å². The molecule has 1 saturated heterocycles. The predicted molar refractivity (Wildman–Crippen MR) is 95.6 cm³/mol. The molecular formula is C16H22ClN5O2. The Bertz CT molecular complexity index is 743. The Balaban J connectivity index is 0.00000208. The summed E-state index contributed by atoms with van der Waals surface area (Å²) in [6.45, 7) is 5.41. The third kappa shape index (κ3) is 4.53. The molecule has 0 unspecified atom stereocenters. The van der Waals surface area contributed by atoms with Crippen LogP contribution < -0.4 is 16.2 Å². The van der Waals surface area contributed by atoms with Gasteiger partial charge in [0.15, 0.2) is 0 Å². The summed E-state index contributed by atoms with van der Waals surface area (Å²) in [5, 5.41) is 6.69. The Hall–Kier alpha value is -1.96. The van der Waals surface area contributed by atoms with Gasteiger partial charge < -0.3 is 10.6 Å². The van der Waals surface area contributed by atoms with Crippen LogP contribution >= 0.6 is 12.4 Å². The number of nitrogens with one attached hydrogen (secondary N) is 2. The number of rotatable bonds is 5. The van der Waals surface area contributed by atoms with Crippen molar-refractivity contribution in [3.8, 4) is 0 Å². The number of halogens is 1. The van der Waals surface area contributed by atoms with Crippen molar-refractivity contribution in [1.82, 2.24) is 25.1 Å². The van der Waals surface area contributed by atoms with Crippen molar-refractivity contribution in [1.29, 1.82) is 0 Å². The molecule has 2 N–H and O–H groups in total. The number of amides is 1. The number of carbonyl (C=O) groups excluding carboxylic acids is 1. The zero-order valence-corrected chi connectivity index (χ0v) is 14.2. The van der Waals surface area contributed by atoms with E-state index < -0.39 is 0 Å². The fraction of sp³-hybridized carbons (Fsp3) is 0.438. The molecule has 24 heavy (non-hydrogen) atoms. The van der Waals surface area contributed by atoms with Gasteiger partial charge in [0.2, 0.25) is 5.91 Å². The number of fused-ring (bicyclic) bond motifs is 1. The Labute approximate surface area is 146 Å². The van der Waals surface area contributed by atoms with E-state index in [2.05, 4.69) is 20.5 Å². The Morgan fingerprint density at radius 3 is 2.79 bits per heavy atom. The van der Waals surface area contributed by atoms with Crippen molar-refractivity contribution in [2.24, 2.45) is 0 Å². The van der Waals surface area contributed by atoms with Gasteiger partial charge in [0.25, 0.3) is 5.56 Å². The first-order valence-electron chi connectivity index (χ1n) is 7.88. The van der Waals surface area contributed by atoms with Gasteiger partial charge in [-0.3, -0.25) is 19.1 Å². The third-order valence-electron chi connectivity index (χ3n) is 4.01. The van der Waals surface area contributed by atoms with Crippen molar-refractivity contribution in [2.75, 3.05) is 39.3 Å². The molecule has 2 aromatic rings. The molecular weight excluding hydrogens is 330 g/mol. The van der Waals surface area contributed by atoms with Gasteiger partial charge in [0.1, 0.15) is 6.54 Å². The molecule has 7 nitrogen and oxygen atoms in total. The second-order valence-electron chi connectivity index (χ2n) is 5.64. The molecule has 8 heteroatoms. The first-order valence-corrected chi connectivity index (χ1v) is 7.88. The van der Waals surface area contributed by atoms with E-state index in [9.17, 15) is 9.59 Å². The lowest BCUT2D eigenvalue weighted by atomic mass is 10.2. The van der Waals surface area contributed by atoms with E-state index in [-0.39, 0.29) is 30.4 Å². The maximum absolute atomic E-state index is 12.3. The molecule has 0 saturated carbocycles. The summed E-state index contributed by atoms with van der Waals surface area (Å²) in [5.41, 5.74) is 0.459. The fourth-order valence-corrected chi connectivity index (χ4v) is 2.72. The zero-order chi connectivity index (χ0) is 16.1. The molecule has 0 atom stereocenters. The summed E-state index contributed by atoms with van der Waals surface area (Å²) in [6.07, 6.45) is 1.43. The summed E-state index contributed by atoms with van der Waals surface area (Å²) in [5.74, 6) is -0.167. The van der Waals surface area contributed by atoms with Crippen molar-refractivity contribution in [3.63, 3.8) is 0 Å². The summed E-state index contributed by atoms with van der Waals surface area (Å²) in [6, 6.07) is 7.14. The largest absolute Gasteiger partial charge is 0.353 e. The number of aromatic nitrogens is 2. The normalized spacial score (nSPS) is 15.0. The topological polar surface area (TPSA) is 79.3 Å². The summed E-state index contributed by atoms with van der Waals surface area (Å²) in [4.78, 5) is 30.8. The number of hydrogen-bond acceptors (Lipinski definition) is 5. The minimum atomic E-state index is -0.187. The van der Waals surface area contributed by atoms with E-state index in [1.165, 1.54) is 10.9 Å². The van der Waals surface area contributed by atoms with Gasteiger partial charge in [-0.05, 0) is 12.1 Å². The lowest BCUT2D eigenvalue weighted by Gasteiger charge is -2.27. The Kier molecular flexibility index (Phi) is 6.72. The van der Waals surface area contributed by atoms with Gasteiger partial charge in [0, 0.05) is 39.3 Å². The van der Waals surface area contributed by atoms with Crippen LogP contribution in [0.2, 0.25) is 0 Å². The summed E-state index contributed by atoms with van der Waals surface area (Å²) in [7, 11) is 0. The van der Waals surface area contributed by atoms with Crippen molar-refractivity contribution in [3.05, 3.63) is 40.9 Å². The predicted octanol–water partition coefficient (Wildman–Crippen LogP) is -0.160. The maximum atomic E-state index is 12.3. The average Bonchev–Trinajstić information content (AvgIpc) is 2.59. The highest BCUT2D eigenvalue weighted by Crippen LogP contribution is 2.04. The van der Waals surface area contributed by atoms with E-state index in [0.29, 0.717) is 17.4 Å². The van der Waals surface area contributed by atoms with Crippen LogP contribution in [0.1, 0.15) is 0 Å². The van der Waals surface area contributed by atoms with Gasteiger partial charge in [-0.2, -0.15) is 0 Å². The van der Waals surface area contributed by atoms with E-state index >= 15 is 0 Å². The zero-order valence-electron chi connectivity index (χ0n) is 13.4. The number of nitrogens with zero attached hydrogens (tertiary/aromatic N) is 3. The van der Waals surface area contributed by atoms with Crippen molar-refractivity contribution in [2.45, 2.75) is 6.54 Å². The van der Waals surface area contributed by atoms with Crippen molar-refractivity contribution >= 4 is 29.2 Å². The SMILES string of the molecule is Cl.O=C(Cn1cnc2ccccc2c1=O)NCCN1CCNCC1. The molecule has 0 radical (unpaired) electrons. The van der Waals surface area contributed by atoms with E-state index in [0.717, 1.165) is 32.7 Å². The molecule has 1 amide bonds. The molecule has 3 rings (SSSR count). The van der Waals surface area contributed by atoms with Gasteiger partial charge in [-0.25, -0.2) is 4.98 Å². The van der Waals surface area contributed by atoms with Crippen molar-refractivity contribution < 1.29 is 4.79 Å². The third-order valence-corrected chi connectivity index (χ3v) is 4.01. The molecule has 0 aliphatic carbocycles. The average molecular weight is 352 g/mol. The molecule has 1 aliphatic rings. The molecule has 0 spiro atoms. The van der Waals surface area contributed by atoms with Gasteiger partial charge >= 0.3 is 0 Å². The molecule has 2 heterocycles. The van der Waals surface area contributed by atoms with Crippen LogP contribution in [0.5, 0.6) is 0 Å². The van der Waals surface area contributed by atoms with E-state index in [1.54, 1.807) is 18.2 Å². The highest BCUT2D eigenvalue weighted by atomic mass is 35.5. The molecule has 1 aromatic carbocycles. The lowest BCUT2D eigenvalue weighted by Crippen LogP contribution is -2.46. The van der Waals surface area contributed by atoms with Crippen LogP contribution in [0.4, 0.5) is 0 Å². The first-order chi connectivity index (χ1) is 11.2. The molecule has 1 aromatic heterocycles. The number of piperazine rings is 1. The molecule has 1 fully saturated rings. The maximum Gasteiger partial charge on any atom is 0.261 e. The quantitative estimate of drug-likeness (QED) is 0.782. The van der Waals surface area contributed by atoms with Gasteiger partial charge in [-0.1, -0.05) is 12.1 Å². The second-order valence-corrected chi connectivity index (χ2v) is 5.64. The monoisotopic (exact) mass is 351 g/mol. The smallest absolute Gasteiger partial charge is 0.261 e. The van der Waals surface area contributed by atoms with Crippen LogP contribution in [-0.4, -0.2) is 59.6 Å². The number of hydrogen-bond donors (Lipinski definition) is 2. The number of para-hydroxylation sites is 1. The summed E-state index contributed by atoms with van der Waals surface area (Å²) < 4.78 is 1.35. The Morgan fingerprint density at radius 2 is 2.00 bits per heavy atom. The van der Waals surface area contributed by atoms with Crippen LogP contribution in [0.15, 0.2) is 35.4 Å². The lowest BCUT2D eigenvalue weighted by molar-refractivity contribution is -0.121. The minimum Gasteiger partial charge on any atom is -0.353 e. The summed E-state index contributed by atoms with van der Waals surface area (Å²) >= 11 is 0. The molecule has 0 bridgehead atoms. The fourth-order valence-electron chi connectivity index (χ4n) is 2.72.